The van der Waals surface area contributed by atoms with Gasteiger partial charge in [-0.25, -0.2) is 4.79 Å². The van der Waals surface area contributed by atoms with Gasteiger partial charge in [0.2, 0.25) is 0 Å². The Kier molecular flexibility index (Phi) is 3.05. The molecule has 22 heavy (non-hydrogen) atoms. The van der Waals surface area contributed by atoms with Crippen molar-refractivity contribution >= 4 is 16.9 Å². The van der Waals surface area contributed by atoms with E-state index in [9.17, 15) is 4.79 Å². The summed E-state index contributed by atoms with van der Waals surface area (Å²) in [5.74, 6) is -0.200. The van der Waals surface area contributed by atoms with Gasteiger partial charge in [-0.3, -0.25) is 0 Å². The maximum absolute atomic E-state index is 12.5. The standard InChI is InChI=1S/C18H22N2O2/c1-12-7-14-15(9-19-16(14)8-13(12)2)17(21)22-11-18-3-5-20(10-18)6-4-18/h7-9,19H,3-6,10-11H2,1-2H3. The number of fused-ring (bicyclic) bond motifs is 3. The summed E-state index contributed by atoms with van der Waals surface area (Å²) < 4.78 is 5.68. The predicted octanol–water partition coefficient (Wildman–Crippen LogP) is 3.04. The monoisotopic (exact) mass is 298 g/mol. The van der Waals surface area contributed by atoms with Gasteiger partial charge in [-0.2, -0.15) is 0 Å². The molecule has 0 radical (unpaired) electrons. The Morgan fingerprint density at radius 2 is 2.00 bits per heavy atom. The first-order valence-electron chi connectivity index (χ1n) is 8.04. The van der Waals surface area contributed by atoms with E-state index in [2.05, 4.69) is 35.9 Å². The van der Waals surface area contributed by atoms with Crippen LogP contribution in [-0.4, -0.2) is 42.1 Å². The van der Waals surface area contributed by atoms with Crippen LogP contribution >= 0.6 is 0 Å². The van der Waals surface area contributed by atoms with Crippen LogP contribution in [0, 0.1) is 19.3 Å². The number of nitrogens with zero attached hydrogens (tertiary/aromatic N) is 1. The number of aromatic nitrogens is 1. The molecule has 2 aliphatic heterocycles. The zero-order chi connectivity index (χ0) is 15.3. The highest BCUT2D eigenvalue weighted by Gasteiger charge is 2.44. The lowest BCUT2D eigenvalue weighted by Crippen LogP contribution is -2.27. The molecule has 3 heterocycles. The molecule has 2 bridgehead atoms. The number of aryl methyl sites for hydroxylation is 2. The van der Waals surface area contributed by atoms with Crippen LogP contribution in [0.25, 0.3) is 10.9 Å². The van der Waals surface area contributed by atoms with Crippen LogP contribution in [0.15, 0.2) is 18.3 Å². The van der Waals surface area contributed by atoms with E-state index in [-0.39, 0.29) is 11.4 Å². The summed E-state index contributed by atoms with van der Waals surface area (Å²) in [5.41, 5.74) is 4.30. The third-order valence-corrected chi connectivity index (χ3v) is 5.50. The fraction of sp³-hybridized carbons (Fsp3) is 0.500. The first-order chi connectivity index (χ1) is 10.6. The maximum atomic E-state index is 12.5. The molecule has 2 aromatic rings. The summed E-state index contributed by atoms with van der Waals surface area (Å²) >= 11 is 0. The lowest BCUT2D eigenvalue weighted by molar-refractivity contribution is 0.0326. The van der Waals surface area contributed by atoms with Gasteiger partial charge in [0.25, 0.3) is 0 Å². The minimum atomic E-state index is -0.200. The van der Waals surface area contributed by atoms with Gasteiger partial charge in [-0.15, -0.1) is 0 Å². The number of H-pyrrole nitrogens is 1. The van der Waals surface area contributed by atoms with Gasteiger partial charge in [0, 0.05) is 29.1 Å². The van der Waals surface area contributed by atoms with Crippen molar-refractivity contribution in [1.29, 1.82) is 0 Å². The molecule has 2 aliphatic rings. The first-order valence-corrected chi connectivity index (χ1v) is 8.04. The molecule has 0 amide bonds. The smallest absolute Gasteiger partial charge is 0.340 e. The number of rotatable bonds is 3. The van der Waals surface area contributed by atoms with Crippen molar-refractivity contribution in [3.63, 3.8) is 0 Å². The molecule has 4 nitrogen and oxygen atoms in total. The van der Waals surface area contributed by atoms with Crippen LogP contribution < -0.4 is 0 Å². The van der Waals surface area contributed by atoms with Gasteiger partial charge < -0.3 is 14.6 Å². The SMILES string of the molecule is Cc1cc2[nH]cc(C(=O)OCC34CCN(CC3)C4)c2cc1C. The second-order valence-corrected chi connectivity index (χ2v) is 7.04. The first kappa shape index (κ1) is 13.8. The zero-order valence-electron chi connectivity index (χ0n) is 13.2. The topological polar surface area (TPSA) is 45.3 Å². The van der Waals surface area contributed by atoms with Crippen LogP contribution in [0.5, 0.6) is 0 Å². The molecule has 1 aromatic heterocycles. The molecule has 4 heteroatoms. The number of hydrogen-bond donors (Lipinski definition) is 1. The fourth-order valence-electron chi connectivity index (χ4n) is 3.86. The summed E-state index contributed by atoms with van der Waals surface area (Å²) in [6.45, 7) is 8.11. The number of esters is 1. The van der Waals surface area contributed by atoms with Gasteiger partial charge in [-0.1, -0.05) is 0 Å². The largest absolute Gasteiger partial charge is 0.461 e. The molecular formula is C18H22N2O2. The fourth-order valence-corrected chi connectivity index (χ4v) is 3.86. The Bertz CT molecular complexity index is 739. The predicted molar refractivity (Wildman–Crippen MR) is 86.2 cm³/mol. The zero-order valence-corrected chi connectivity index (χ0v) is 13.2. The average Bonchev–Trinajstić information content (AvgIpc) is 3.20. The molecule has 0 unspecified atom stereocenters. The van der Waals surface area contributed by atoms with E-state index in [1.165, 1.54) is 11.1 Å². The van der Waals surface area contributed by atoms with Crippen molar-refractivity contribution in [3.8, 4) is 0 Å². The number of benzene rings is 1. The number of hydrogen-bond acceptors (Lipinski definition) is 3. The molecule has 1 aromatic carbocycles. The molecule has 2 saturated heterocycles. The minimum absolute atomic E-state index is 0.200. The molecule has 116 valence electrons. The summed E-state index contributed by atoms with van der Waals surface area (Å²) in [6.07, 6.45) is 4.10. The van der Waals surface area contributed by atoms with E-state index in [0.29, 0.717) is 12.2 Å². The average molecular weight is 298 g/mol. The molecule has 0 atom stereocenters. The van der Waals surface area contributed by atoms with Crippen LogP contribution in [0.3, 0.4) is 0 Å². The molecule has 0 aliphatic carbocycles. The van der Waals surface area contributed by atoms with Gasteiger partial charge >= 0.3 is 5.97 Å². The quantitative estimate of drug-likeness (QED) is 0.886. The highest BCUT2D eigenvalue weighted by Crippen LogP contribution is 2.40. The number of nitrogens with one attached hydrogen (secondary N) is 1. The Morgan fingerprint density at radius 1 is 1.27 bits per heavy atom. The summed E-state index contributed by atoms with van der Waals surface area (Å²) in [5, 5.41) is 0.963. The molecule has 4 rings (SSSR count). The third kappa shape index (κ3) is 2.13. The number of ether oxygens (including phenoxy) is 1. The number of aromatic amines is 1. The number of piperidine rings is 1. The van der Waals surface area contributed by atoms with E-state index < -0.39 is 0 Å². The Balaban J connectivity index is 1.54. The van der Waals surface area contributed by atoms with Gasteiger partial charge in [0.15, 0.2) is 0 Å². The Morgan fingerprint density at radius 3 is 2.68 bits per heavy atom. The van der Waals surface area contributed by atoms with Gasteiger partial charge in [0.1, 0.15) is 0 Å². The van der Waals surface area contributed by atoms with Crippen molar-refractivity contribution in [3.05, 3.63) is 35.0 Å². The van der Waals surface area contributed by atoms with Crippen molar-refractivity contribution in [2.45, 2.75) is 26.7 Å². The second kappa shape index (κ2) is 4.85. The van der Waals surface area contributed by atoms with E-state index >= 15 is 0 Å². The summed E-state index contributed by atoms with van der Waals surface area (Å²) in [7, 11) is 0. The van der Waals surface area contributed by atoms with Crippen molar-refractivity contribution in [1.82, 2.24) is 9.88 Å². The van der Waals surface area contributed by atoms with Crippen LogP contribution in [0.4, 0.5) is 0 Å². The lowest BCUT2D eigenvalue weighted by atomic mass is 9.86. The van der Waals surface area contributed by atoms with Crippen LogP contribution in [-0.2, 0) is 4.74 Å². The van der Waals surface area contributed by atoms with Crippen molar-refractivity contribution < 1.29 is 9.53 Å². The highest BCUT2D eigenvalue weighted by atomic mass is 16.5. The van der Waals surface area contributed by atoms with Gasteiger partial charge in [-0.05, 0) is 63.0 Å². The van der Waals surface area contributed by atoms with E-state index in [4.69, 9.17) is 4.74 Å². The third-order valence-electron chi connectivity index (χ3n) is 5.50. The summed E-state index contributed by atoms with van der Waals surface area (Å²) in [4.78, 5) is 18.1. The van der Waals surface area contributed by atoms with Crippen molar-refractivity contribution in [2.24, 2.45) is 5.41 Å². The second-order valence-electron chi connectivity index (χ2n) is 7.04. The molecule has 2 fully saturated rings. The van der Waals surface area contributed by atoms with Crippen molar-refractivity contribution in [2.75, 3.05) is 26.2 Å². The highest BCUT2D eigenvalue weighted by molar-refractivity contribution is 6.04. The molecule has 1 N–H and O–H groups in total. The molecule has 0 spiro atoms. The van der Waals surface area contributed by atoms with Crippen LogP contribution in [0.1, 0.15) is 34.3 Å². The lowest BCUT2D eigenvalue weighted by Gasteiger charge is -2.24. The number of carbonyl (C=O) groups excluding carboxylic acids is 1. The maximum Gasteiger partial charge on any atom is 0.340 e. The molecule has 0 saturated carbocycles. The number of carbonyl (C=O) groups is 1. The normalized spacial score (nSPS) is 26.7. The van der Waals surface area contributed by atoms with Crippen LogP contribution in [0.2, 0.25) is 0 Å². The van der Waals surface area contributed by atoms with Gasteiger partial charge in [0.05, 0.1) is 12.2 Å². The Hall–Kier alpha value is -1.81. The summed E-state index contributed by atoms with van der Waals surface area (Å²) in [6, 6.07) is 4.16. The Labute approximate surface area is 130 Å². The van der Waals surface area contributed by atoms with E-state index in [1.807, 2.05) is 0 Å². The molecular weight excluding hydrogens is 276 g/mol. The van der Waals surface area contributed by atoms with E-state index in [0.717, 1.165) is 43.4 Å². The van der Waals surface area contributed by atoms with E-state index in [1.54, 1.807) is 6.20 Å². The minimum Gasteiger partial charge on any atom is -0.461 e.